The number of benzene rings is 2. The molecule has 0 aliphatic heterocycles. The molecular weight excluding hydrogens is 250 g/mol. The highest BCUT2D eigenvalue weighted by molar-refractivity contribution is 5.94. The van der Waals surface area contributed by atoms with Crippen LogP contribution >= 0.6 is 0 Å². The smallest absolute Gasteiger partial charge is 0.251 e. The van der Waals surface area contributed by atoms with Crippen molar-refractivity contribution in [3.8, 4) is 0 Å². The summed E-state index contributed by atoms with van der Waals surface area (Å²) in [6, 6.07) is 9.51. The van der Waals surface area contributed by atoms with Crippen LogP contribution in [0.5, 0.6) is 0 Å². The molecule has 0 heterocycles. The van der Waals surface area contributed by atoms with Gasteiger partial charge >= 0.3 is 0 Å². The highest BCUT2D eigenvalue weighted by Gasteiger charge is 2.06. The molecule has 0 aliphatic carbocycles. The van der Waals surface area contributed by atoms with E-state index in [0.717, 1.165) is 6.07 Å². The number of nitrogens with one attached hydrogen (secondary N) is 1. The molecule has 3 N–H and O–H groups in total. The molecule has 2 aromatic rings. The maximum atomic E-state index is 13.0. The minimum absolute atomic E-state index is 0.0535. The van der Waals surface area contributed by atoms with Crippen molar-refractivity contribution in [1.29, 1.82) is 0 Å². The van der Waals surface area contributed by atoms with E-state index in [1.165, 1.54) is 12.1 Å². The number of nitrogens with two attached hydrogens (primary N) is 1. The Labute approximate surface area is 109 Å². The maximum Gasteiger partial charge on any atom is 0.251 e. The first-order valence-corrected chi connectivity index (χ1v) is 5.63. The Bertz CT molecular complexity index is 577. The highest BCUT2D eigenvalue weighted by atomic mass is 19.1. The van der Waals surface area contributed by atoms with E-state index in [0.29, 0.717) is 16.8 Å². The van der Waals surface area contributed by atoms with Crippen molar-refractivity contribution in [2.24, 2.45) is 0 Å². The first kappa shape index (κ1) is 13.0. The van der Waals surface area contributed by atoms with Gasteiger partial charge in [-0.05, 0) is 42.0 Å². The van der Waals surface area contributed by atoms with Gasteiger partial charge in [0.15, 0.2) is 0 Å². The van der Waals surface area contributed by atoms with E-state index >= 15 is 0 Å². The van der Waals surface area contributed by atoms with E-state index in [-0.39, 0.29) is 12.5 Å². The van der Waals surface area contributed by atoms with Gasteiger partial charge in [-0.2, -0.15) is 0 Å². The van der Waals surface area contributed by atoms with Crippen molar-refractivity contribution in [3.05, 3.63) is 65.2 Å². The van der Waals surface area contributed by atoms with Gasteiger partial charge in [-0.1, -0.05) is 0 Å². The molecule has 3 nitrogen and oxygen atoms in total. The molecule has 0 bridgehead atoms. The minimum atomic E-state index is -0.670. The van der Waals surface area contributed by atoms with Crippen LogP contribution in [0.15, 0.2) is 42.5 Å². The molecule has 2 aromatic carbocycles. The second kappa shape index (κ2) is 5.48. The van der Waals surface area contributed by atoms with Gasteiger partial charge in [0, 0.05) is 23.9 Å². The van der Waals surface area contributed by atoms with Crippen LogP contribution < -0.4 is 11.1 Å². The lowest BCUT2D eigenvalue weighted by Crippen LogP contribution is -2.22. The summed E-state index contributed by atoms with van der Waals surface area (Å²) in [6.45, 7) is 0.0535. The van der Waals surface area contributed by atoms with Crippen molar-refractivity contribution in [2.45, 2.75) is 6.54 Å². The van der Waals surface area contributed by atoms with E-state index in [1.54, 1.807) is 24.3 Å². The van der Waals surface area contributed by atoms with Crippen molar-refractivity contribution in [1.82, 2.24) is 5.32 Å². The molecule has 0 aliphatic rings. The van der Waals surface area contributed by atoms with Gasteiger partial charge in [0.2, 0.25) is 0 Å². The third kappa shape index (κ3) is 3.51. The zero-order valence-corrected chi connectivity index (χ0v) is 9.99. The molecule has 5 heteroatoms. The van der Waals surface area contributed by atoms with Gasteiger partial charge in [-0.3, -0.25) is 4.79 Å². The molecule has 19 heavy (non-hydrogen) atoms. The number of halogens is 2. The largest absolute Gasteiger partial charge is 0.399 e. The number of amides is 1. The first-order valence-electron chi connectivity index (χ1n) is 5.63. The topological polar surface area (TPSA) is 55.1 Å². The lowest BCUT2D eigenvalue weighted by atomic mass is 10.1. The van der Waals surface area contributed by atoms with Gasteiger partial charge in [0.25, 0.3) is 5.91 Å². The fraction of sp³-hybridized carbons (Fsp3) is 0.0714. The van der Waals surface area contributed by atoms with Crippen LogP contribution in [-0.2, 0) is 6.54 Å². The lowest BCUT2D eigenvalue weighted by molar-refractivity contribution is 0.0951. The number of anilines is 1. The van der Waals surface area contributed by atoms with Crippen LogP contribution in [0.4, 0.5) is 14.5 Å². The molecule has 0 unspecified atom stereocenters. The average Bonchev–Trinajstić information content (AvgIpc) is 2.36. The number of hydrogen-bond acceptors (Lipinski definition) is 2. The van der Waals surface area contributed by atoms with Crippen molar-refractivity contribution >= 4 is 11.6 Å². The highest BCUT2D eigenvalue weighted by Crippen LogP contribution is 2.09. The summed E-state index contributed by atoms with van der Waals surface area (Å²) < 4.78 is 25.9. The Morgan fingerprint density at radius 2 is 1.63 bits per heavy atom. The molecule has 0 radical (unpaired) electrons. The van der Waals surface area contributed by atoms with Gasteiger partial charge in [-0.25, -0.2) is 8.78 Å². The van der Waals surface area contributed by atoms with Crippen LogP contribution in [0.3, 0.4) is 0 Å². The normalized spacial score (nSPS) is 10.2. The maximum absolute atomic E-state index is 13.0. The Kier molecular flexibility index (Phi) is 3.75. The van der Waals surface area contributed by atoms with Crippen LogP contribution in [0, 0.1) is 11.6 Å². The number of nitrogen functional groups attached to an aromatic ring is 1. The standard InChI is InChI=1S/C14H12F2N2O/c15-11-5-9(6-12(16)7-11)8-18-14(19)10-1-3-13(17)4-2-10/h1-7H,8,17H2,(H,18,19). The van der Waals surface area contributed by atoms with Gasteiger partial charge in [0.05, 0.1) is 0 Å². The molecule has 0 saturated carbocycles. The Morgan fingerprint density at radius 3 is 2.21 bits per heavy atom. The van der Waals surface area contributed by atoms with E-state index in [4.69, 9.17) is 5.73 Å². The number of hydrogen-bond donors (Lipinski definition) is 2. The second-order valence-corrected chi connectivity index (χ2v) is 4.08. The molecule has 2 rings (SSSR count). The van der Waals surface area contributed by atoms with Gasteiger partial charge in [-0.15, -0.1) is 0 Å². The summed E-state index contributed by atoms with van der Waals surface area (Å²) in [5, 5.41) is 2.58. The number of carbonyl (C=O) groups is 1. The predicted molar refractivity (Wildman–Crippen MR) is 68.4 cm³/mol. The Balaban J connectivity index is 2.02. The monoisotopic (exact) mass is 262 g/mol. The third-order valence-corrected chi connectivity index (χ3v) is 2.55. The summed E-state index contributed by atoms with van der Waals surface area (Å²) in [7, 11) is 0. The zero-order chi connectivity index (χ0) is 13.8. The van der Waals surface area contributed by atoms with Crippen LogP contribution in [0.2, 0.25) is 0 Å². The summed E-state index contributed by atoms with van der Waals surface area (Å²) in [5.74, 6) is -1.67. The predicted octanol–water partition coefficient (Wildman–Crippen LogP) is 2.48. The van der Waals surface area contributed by atoms with E-state index in [1.807, 2.05) is 0 Å². The van der Waals surface area contributed by atoms with Crippen LogP contribution in [-0.4, -0.2) is 5.91 Å². The fourth-order valence-electron chi connectivity index (χ4n) is 1.63. The molecule has 0 aromatic heterocycles. The number of carbonyl (C=O) groups excluding carboxylic acids is 1. The number of rotatable bonds is 3. The van der Waals surface area contributed by atoms with Crippen LogP contribution in [0.25, 0.3) is 0 Å². The molecular formula is C14H12F2N2O. The summed E-state index contributed by atoms with van der Waals surface area (Å²) in [5.41, 5.74) is 6.87. The van der Waals surface area contributed by atoms with E-state index < -0.39 is 11.6 Å². The fourth-order valence-corrected chi connectivity index (χ4v) is 1.63. The second-order valence-electron chi connectivity index (χ2n) is 4.08. The van der Waals surface area contributed by atoms with Gasteiger partial charge in [0.1, 0.15) is 11.6 Å². The zero-order valence-electron chi connectivity index (χ0n) is 9.99. The average molecular weight is 262 g/mol. The van der Waals surface area contributed by atoms with Gasteiger partial charge < -0.3 is 11.1 Å². The van der Waals surface area contributed by atoms with E-state index in [2.05, 4.69) is 5.32 Å². The third-order valence-electron chi connectivity index (χ3n) is 2.55. The van der Waals surface area contributed by atoms with Crippen molar-refractivity contribution in [2.75, 3.05) is 5.73 Å². The quantitative estimate of drug-likeness (QED) is 0.835. The van der Waals surface area contributed by atoms with Crippen molar-refractivity contribution in [3.63, 3.8) is 0 Å². The lowest BCUT2D eigenvalue weighted by Gasteiger charge is -2.06. The molecule has 0 atom stereocenters. The molecule has 0 fully saturated rings. The summed E-state index contributed by atoms with van der Waals surface area (Å²) >= 11 is 0. The first-order chi connectivity index (χ1) is 9.04. The molecule has 1 amide bonds. The molecule has 0 spiro atoms. The Morgan fingerprint density at radius 1 is 1.05 bits per heavy atom. The Hall–Kier alpha value is -2.43. The SMILES string of the molecule is Nc1ccc(C(=O)NCc2cc(F)cc(F)c2)cc1. The summed E-state index contributed by atoms with van der Waals surface area (Å²) in [6.07, 6.45) is 0. The molecule has 98 valence electrons. The van der Waals surface area contributed by atoms with Crippen molar-refractivity contribution < 1.29 is 13.6 Å². The van der Waals surface area contributed by atoms with E-state index in [9.17, 15) is 13.6 Å². The summed E-state index contributed by atoms with van der Waals surface area (Å²) in [4.78, 5) is 11.8. The van der Waals surface area contributed by atoms with Crippen LogP contribution in [0.1, 0.15) is 15.9 Å². The minimum Gasteiger partial charge on any atom is -0.399 e. The molecule has 0 saturated heterocycles.